The average Bonchev–Trinajstić information content (AvgIpc) is 3.22. The second-order valence-corrected chi connectivity index (χ2v) is 8.18. The maximum atomic E-state index is 13.2. The number of nitrogens with zero attached hydrogens (tertiary/aromatic N) is 1. The van der Waals surface area contributed by atoms with E-state index >= 15 is 0 Å². The molecule has 2 heterocycles. The Bertz CT molecular complexity index is 850. The van der Waals surface area contributed by atoms with E-state index in [1.54, 1.807) is 0 Å². The van der Waals surface area contributed by atoms with E-state index in [4.69, 9.17) is 0 Å². The highest BCUT2D eigenvalue weighted by Gasteiger charge is 2.64. The molecule has 0 amide bonds. The van der Waals surface area contributed by atoms with Gasteiger partial charge in [-0.1, -0.05) is 48.5 Å². The number of likely N-dealkylation sites (tertiary alicyclic amines) is 1. The van der Waals surface area contributed by atoms with Crippen LogP contribution < -0.4 is 5.32 Å². The lowest BCUT2D eigenvalue weighted by Gasteiger charge is -2.32. The van der Waals surface area contributed by atoms with Crippen LogP contribution in [0.1, 0.15) is 5.56 Å². The van der Waals surface area contributed by atoms with Crippen LogP contribution in [0, 0.1) is 17.8 Å². The summed E-state index contributed by atoms with van der Waals surface area (Å²) in [4.78, 5) is 1.97. The van der Waals surface area contributed by atoms with Crippen LogP contribution in [0.3, 0.4) is 0 Å². The highest BCUT2D eigenvalue weighted by atomic mass is 19.4. The Hall–Kier alpha value is -2.06. The molecule has 2 saturated heterocycles. The molecule has 4 rings (SSSR count). The van der Waals surface area contributed by atoms with Crippen LogP contribution in [0.25, 0.3) is 11.1 Å². The Balaban J connectivity index is 1.47. The molecule has 2 aliphatic heterocycles. The fraction of sp³-hybridized carbons (Fsp3) is 0.455. The second-order valence-electron chi connectivity index (χ2n) is 8.18. The molecule has 0 aliphatic carbocycles. The molecule has 2 fully saturated rings. The molecule has 0 saturated carbocycles. The minimum atomic E-state index is -5.32. The number of hydrogen-bond acceptors (Lipinski definition) is 2. The second kappa shape index (κ2) is 7.89. The molecule has 0 radical (unpaired) electrons. The number of rotatable bonds is 4. The molecule has 2 aliphatic rings. The summed E-state index contributed by atoms with van der Waals surface area (Å²) in [5, 5.41) is 2.52. The monoisotopic (exact) mass is 428 g/mol. The summed E-state index contributed by atoms with van der Waals surface area (Å²) in [6, 6.07) is 16.0. The van der Waals surface area contributed by atoms with Crippen LogP contribution in [0.4, 0.5) is 26.3 Å². The summed E-state index contributed by atoms with van der Waals surface area (Å²) >= 11 is 0. The van der Waals surface area contributed by atoms with E-state index in [1.807, 2.05) is 59.5 Å². The summed E-state index contributed by atoms with van der Waals surface area (Å²) < 4.78 is 79.2. The molecule has 2 aromatic rings. The summed E-state index contributed by atoms with van der Waals surface area (Å²) in [7, 11) is 0. The van der Waals surface area contributed by atoms with Crippen molar-refractivity contribution in [2.24, 2.45) is 17.8 Å². The van der Waals surface area contributed by atoms with Gasteiger partial charge in [-0.25, -0.2) is 0 Å². The Morgan fingerprint density at radius 1 is 0.867 bits per heavy atom. The van der Waals surface area contributed by atoms with Gasteiger partial charge in [-0.3, -0.25) is 4.90 Å². The summed E-state index contributed by atoms with van der Waals surface area (Å²) in [5.74, 6) is -4.21. The minimum absolute atomic E-state index is 0.179. The predicted octanol–water partition coefficient (Wildman–Crippen LogP) is 5.11. The number of nitrogens with one attached hydrogen (secondary N) is 1. The SMILES string of the molecule is FC(F)(F)C(C1NCC2CN(Cc3cccc(-c4ccccc4)c3)CC21)C(F)(F)F. The van der Waals surface area contributed by atoms with Gasteiger partial charge in [0.1, 0.15) is 0 Å². The summed E-state index contributed by atoms with van der Waals surface area (Å²) in [6.45, 7) is 1.40. The van der Waals surface area contributed by atoms with E-state index in [0.29, 0.717) is 13.1 Å². The Morgan fingerprint density at radius 2 is 1.53 bits per heavy atom. The molecular weight excluding hydrogens is 406 g/mol. The van der Waals surface area contributed by atoms with Crippen molar-refractivity contribution in [1.29, 1.82) is 0 Å². The van der Waals surface area contributed by atoms with E-state index in [1.165, 1.54) is 0 Å². The van der Waals surface area contributed by atoms with Gasteiger partial charge in [0.2, 0.25) is 0 Å². The smallest absolute Gasteiger partial charge is 0.312 e. The molecule has 162 valence electrons. The zero-order valence-electron chi connectivity index (χ0n) is 16.0. The molecule has 2 aromatic carbocycles. The number of benzene rings is 2. The van der Waals surface area contributed by atoms with Gasteiger partial charge in [0.25, 0.3) is 0 Å². The third-order valence-electron chi connectivity index (χ3n) is 6.15. The lowest BCUT2D eigenvalue weighted by Crippen LogP contribution is -2.52. The fourth-order valence-electron chi connectivity index (χ4n) is 4.88. The van der Waals surface area contributed by atoms with Gasteiger partial charge in [0.15, 0.2) is 5.92 Å². The molecule has 1 N–H and O–H groups in total. The van der Waals surface area contributed by atoms with Crippen molar-refractivity contribution in [2.45, 2.75) is 24.9 Å². The summed E-state index contributed by atoms with van der Waals surface area (Å²) in [5.41, 5.74) is 3.07. The van der Waals surface area contributed by atoms with E-state index in [0.717, 1.165) is 16.7 Å². The van der Waals surface area contributed by atoms with Crippen molar-refractivity contribution in [1.82, 2.24) is 10.2 Å². The van der Waals surface area contributed by atoms with Crippen molar-refractivity contribution >= 4 is 0 Å². The molecule has 3 atom stereocenters. The van der Waals surface area contributed by atoms with Crippen LogP contribution in [0.5, 0.6) is 0 Å². The number of hydrogen-bond donors (Lipinski definition) is 1. The van der Waals surface area contributed by atoms with E-state index in [9.17, 15) is 26.3 Å². The fourth-order valence-corrected chi connectivity index (χ4v) is 4.88. The van der Waals surface area contributed by atoms with Crippen LogP contribution in [0.2, 0.25) is 0 Å². The van der Waals surface area contributed by atoms with Gasteiger partial charge >= 0.3 is 12.4 Å². The first-order valence-corrected chi connectivity index (χ1v) is 9.86. The molecule has 0 spiro atoms. The van der Waals surface area contributed by atoms with E-state index < -0.39 is 30.2 Å². The molecule has 30 heavy (non-hydrogen) atoms. The first-order chi connectivity index (χ1) is 14.1. The van der Waals surface area contributed by atoms with Crippen molar-refractivity contribution in [3.8, 4) is 11.1 Å². The molecule has 0 aromatic heterocycles. The van der Waals surface area contributed by atoms with E-state index in [-0.39, 0.29) is 19.0 Å². The highest BCUT2D eigenvalue weighted by molar-refractivity contribution is 5.63. The van der Waals surface area contributed by atoms with Crippen molar-refractivity contribution < 1.29 is 26.3 Å². The number of fused-ring (bicyclic) bond motifs is 1. The first-order valence-electron chi connectivity index (χ1n) is 9.86. The maximum absolute atomic E-state index is 13.2. The zero-order valence-corrected chi connectivity index (χ0v) is 16.0. The zero-order chi connectivity index (χ0) is 21.5. The Kier molecular flexibility index (Phi) is 5.57. The largest absolute Gasteiger partial charge is 0.402 e. The lowest BCUT2D eigenvalue weighted by molar-refractivity contribution is -0.293. The molecule has 3 unspecified atom stereocenters. The van der Waals surface area contributed by atoms with Crippen LogP contribution in [-0.4, -0.2) is 42.9 Å². The maximum Gasteiger partial charge on any atom is 0.402 e. The quantitative estimate of drug-likeness (QED) is 0.681. The lowest BCUT2D eigenvalue weighted by atomic mass is 9.85. The minimum Gasteiger partial charge on any atom is -0.312 e. The average molecular weight is 428 g/mol. The van der Waals surface area contributed by atoms with Crippen molar-refractivity contribution in [2.75, 3.05) is 19.6 Å². The van der Waals surface area contributed by atoms with Gasteiger partial charge in [-0.05, 0) is 41.1 Å². The van der Waals surface area contributed by atoms with Crippen LogP contribution in [0.15, 0.2) is 54.6 Å². The van der Waals surface area contributed by atoms with Gasteiger partial charge < -0.3 is 5.32 Å². The molecule has 0 bridgehead atoms. The van der Waals surface area contributed by atoms with Gasteiger partial charge in [0, 0.05) is 25.7 Å². The number of halogens is 6. The van der Waals surface area contributed by atoms with Gasteiger partial charge in [0.05, 0.1) is 0 Å². The number of alkyl halides is 6. The third kappa shape index (κ3) is 4.34. The highest BCUT2D eigenvalue weighted by Crippen LogP contribution is 2.47. The standard InChI is InChI=1S/C22H22F6N2/c23-21(24,25)20(22(26,27)28)19-18-13-30(12-17(18)10-29-19)11-14-5-4-8-16(9-14)15-6-2-1-3-7-15/h1-9,17-20,29H,10-13H2. The molecule has 2 nitrogen and oxygen atoms in total. The first kappa shape index (κ1) is 21.2. The predicted molar refractivity (Wildman–Crippen MR) is 102 cm³/mol. The molecular formula is C22H22F6N2. The topological polar surface area (TPSA) is 15.3 Å². The van der Waals surface area contributed by atoms with Gasteiger partial charge in [-0.2, -0.15) is 26.3 Å². The van der Waals surface area contributed by atoms with Crippen LogP contribution >= 0.6 is 0 Å². The van der Waals surface area contributed by atoms with Crippen molar-refractivity contribution in [3.05, 3.63) is 60.2 Å². The van der Waals surface area contributed by atoms with Crippen LogP contribution in [-0.2, 0) is 6.54 Å². The molecule has 8 heteroatoms. The normalized spacial score (nSPS) is 25.1. The van der Waals surface area contributed by atoms with E-state index in [2.05, 4.69) is 5.32 Å². The van der Waals surface area contributed by atoms with Crippen molar-refractivity contribution in [3.63, 3.8) is 0 Å². The van der Waals surface area contributed by atoms with Gasteiger partial charge in [-0.15, -0.1) is 0 Å². The Labute approximate surface area is 170 Å². The third-order valence-corrected chi connectivity index (χ3v) is 6.15. The summed E-state index contributed by atoms with van der Waals surface area (Å²) in [6.07, 6.45) is -10.6. The Morgan fingerprint density at radius 3 is 2.20 bits per heavy atom.